The van der Waals surface area contributed by atoms with Crippen LogP contribution < -0.4 is 54.4 Å². The number of fused-ring (bicyclic) bond motifs is 7. The van der Waals surface area contributed by atoms with E-state index in [1.165, 1.54) is 32.7 Å². The number of ether oxygens (including phenoxy) is 10. The van der Waals surface area contributed by atoms with E-state index in [0.29, 0.717) is 76.4 Å². The lowest BCUT2D eigenvalue weighted by Crippen LogP contribution is -2.41. The van der Waals surface area contributed by atoms with Gasteiger partial charge in [-0.2, -0.15) is 10.5 Å². The molecule has 25 nitrogen and oxygen atoms in total. The van der Waals surface area contributed by atoms with Crippen molar-refractivity contribution in [2.24, 2.45) is 5.92 Å². The van der Waals surface area contributed by atoms with Crippen LogP contribution in [-0.4, -0.2) is 145 Å². The molecule has 7 aromatic carbocycles. The lowest BCUT2D eigenvalue weighted by atomic mass is 9.97. The van der Waals surface area contributed by atoms with Crippen LogP contribution in [0.5, 0.6) is 40.2 Å². The highest BCUT2D eigenvalue weighted by Crippen LogP contribution is 2.34. The molecule has 7 aliphatic heterocycles. The Kier molecular flexibility index (Phi) is 42.5. The van der Waals surface area contributed by atoms with Crippen molar-refractivity contribution in [2.75, 3.05) is 80.0 Å². The molecule has 7 N–H and O–H groups in total. The molecule has 14 rings (SSSR count). The zero-order valence-electron chi connectivity index (χ0n) is 71.3. The first-order valence-corrected chi connectivity index (χ1v) is 39.5. The smallest absolute Gasteiger partial charge is 0.410 e. The van der Waals surface area contributed by atoms with Gasteiger partial charge in [0.25, 0.3) is 0 Å². The summed E-state index contributed by atoms with van der Waals surface area (Å²) in [6.45, 7) is 36.9. The first-order chi connectivity index (χ1) is 54.8. The zero-order valence-corrected chi connectivity index (χ0v) is 74.6. The molecule has 652 valence electrons. The Labute approximate surface area is 727 Å². The maximum atomic E-state index is 12.1. The number of β-amino-alcohol motifs (C(OH)–C–C–N with tert-alkyl or cyclic N) is 3. The Morgan fingerprint density at radius 2 is 0.765 bits per heavy atom. The molecule has 3 atom stereocenters. The summed E-state index contributed by atoms with van der Waals surface area (Å²) >= 11 is 0. The number of methoxy groups -OCH3 is 2. The summed E-state index contributed by atoms with van der Waals surface area (Å²) in [7, 11) is 3.38. The largest absolute Gasteiger partial charge is 0.497 e. The summed E-state index contributed by atoms with van der Waals surface area (Å²) in [4.78, 5) is 41.1. The summed E-state index contributed by atoms with van der Waals surface area (Å²) in [6.07, 6.45) is -0.691. The van der Waals surface area contributed by atoms with Crippen LogP contribution in [0, 0.1) is 28.6 Å². The summed E-state index contributed by atoms with van der Waals surface area (Å²) in [5.74, 6) is 6.21. The van der Waals surface area contributed by atoms with Gasteiger partial charge in [-0.25, -0.2) is 14.4 Å². The Balaban J connectivity index is 0.000000293. The number of aliphatic hydroxyl groups is 3. The van der Waals surface area contributed by atoms with Crippen LogP contribution in [-0.2, 0) is 86.0 Å². The number of benzene rings is 7. The van der Waals surface area contributed by atoms with Crippen LogP contribution in [0.3, 0.4) is 0 Å². The first kappa shape index (κ1) is 102. The van der Waals surface area contributed by atoms with E-state index in [1.807, 2.05) is 146 Å². The molecule has 7 heterocycles. The number of halogens is 4. The monoisotopic (exact) mass is 1730 g/mol. The fraction of sp³-hybridized carbons (Fsp3) is 0.478. The number of amides is 3. The molecule has 0 fully saturated rings. The van der Waals surface area contributed by atoms with Crippen LogP contribution >= 0.6 is 49.6 Å². The van der Waals surface area contributed by atoms with Gasteiger partial charge in [-0.05, 0) is 264 Å². The average molecular weight is 1730 g/mol. The highest BCUT2D eigenvalue weighted by Gasteiger charge is 2.32. The van der Waals surface area contributed by atoms with E-state index >= 15 is 0 Å². The summed E-state index contributed by atoms with van der Waals surface area (Å²) in [6, 6.07) is 45.1. The first-order valence-electron chi connectivity index (χ1n) is 39.5. The number of nitrogens with one attached hydrogen (secondary N) is 4. The molecule has 0 spiro atoms. The van der Waals surface area contributed by atoms with Gasteiger partial charge >= 0.3 is 18.3 Å². The number of hydrogen-bond acceptors (Lipinski definition) is 22. The Hall–Kier alpha value is -9.19. The van der Waals surface area contributed by atoms with E-state index in [2.05, 4.69) is 59.4 Å². The standard InChI is InChI=1S/C16H20N2O4.2C15H21NO3.C13H19NO2.C11H12N2O2.2C10H13NO.4ClH/c1-16(2,3)22-15(20)18-9-11-4-5-12(21-7-6-17)8-13(11)14(19)10-18;1-15(2,3)19-14(17)16-8-7-11-9-13(18-4)6-5-12(11)10-16;1-5-18-13-7-6-11-9-16(10-12(11)8-13)14(17)19-15(2,3)4;1-9(2)8-16-11-4-3-10-6-14-7-13(15)12(10)5-11;12-3-4-15-9-2-1-8-6-13-7-11(14)10(8)5-9;1-12-10-3-2-9-7-11-5-4-8(9)6-10;1-2-12-10-4-3-8-6-11-7-9(8)5-10;;;;/h4-5,8,14,19H,7,9-10H2,1-3H3;5-6,9H,7-8,10H2,1-4H3;6-8H,5,9-10H2,1-4H3;3-5,9,13-15H,6-8H2,1-2H3;1-2,5,11,13-14H,4,6-7H2;2-3,6,11H,4-5,7H2,1H3;3-5,11H,2,6-7H2,1H3;4*1H. The van der Waals surface area contributed by atoms with Crippen molar-refractivity contribution in [1.82, 2.24) is 36.0 Å². The predicted molar refractivity (Wildman–Crippen MR) is 469 cm³/mol. The number of rotatable bonds is 13. The third kappa shape index (κ3) is 33.0. The molecule has 7 aromatic rings. The normalized spacial score (nSPS) is 15.9. The molecule has 119 heavy (non-hydrogen) atoms. The summed E-state index contributed by atoms with van der Waals surface area (Å²) in [5, 5.41) is 59.7. The molecular weight excluding hydrogens is 1600 g/mol. The van der Waals surface area contributed by atoms with Gasteiger partial charge in [0.15, 0.2) is 13.2 Å². The van der Waals surface area contributed by atoms with E-state index in [1.54, 1.807) is 69.1 Å². The van der Waals surface area contributed by atoms with E-state index in [0.717, 1.165) is 138 Å². The van der Waals surface area contributed by atoms with Crippen LogP contribution in [0.2, 0.25) is 0 Å². The predicted octanol–water partition coefficient (Wildman–Crippen LogP) is 16.0. The van der Waals surface area contributed by atoms with E-state index in [-0.39, 0.29) is 81.6 Å². The number of carbonyl (C=O) groups is 3. The number of hydrogen-bond donors (Lipinski definition) is 7. The summed E-state index contributed by atoms with van der Waals surface area (Å²) < 4.78 is 53.4. The van der Waals surface area contributed by atoms with Gasteiger partial charge < -0.3 is 93.8 Å². The Bertz CT molecular complexity index is 4450. The molecular formula is C90H123Cl4N9O16. The lowest BCUT2D eigenvalue weighted by Gasteiger charge is -2.33. The van der Waals surface area contributed by atoms with Crippen LogP contribution in [0.4, 0.5) is 14.4 Å². The van der Waals surface area contributed by atoms with Gasteiger partial charge in [-0.1, -0.05) is 56.3 Å². The van der Waals surface area contributed by atoms with Crippen molar-refractivity contribution in [3.8, 4) is 52.4 Å². The van der Waals surface area contributed by atoms with Gasteiger partial charge in [0, 0.05) is 78.5 Å². The minimum atomic E-state index is -0.804. The van der Waals surface area contributed by atoms with Crippen LogP contribution in [0.15, 0.2) is 127 Å². The topological polar surface area (TPSA) is 310 Å². The fourth-order valence-electron chi connectivity index (χ4n) is 13.2. The SMILES string of the molecule is CC(C)(C)OC(=O)N1Cc2ccc(OCC#N)cc2C(O)C1.CC(C)COc1ccc2c(c1)C(O)CNC2.CCOc1ccc2c(c1)CN(C(=O)OC(C)(C)C)C2.CCOc1ccc2c(c1)CNC2.COc1ccc2c(c1)CCN(C(=O)OC(C)(C)C)C2.COc1ccc2c(c1)CCNC2.Cl.Cl.Cl.Cl.N#CCOc1ccc2c(c1)C(O)CNC2. The molecule has 0 bridgehead atoms. The number of carbonyl (C=O) groups excluding carboxylic acids is 3. The second kappa shape index (κ2) is 49.5. The molecule has 0 aliphatic carbocycles. The molecule has 0 saturated carbocycles. The maximum Gasteiger partial charge on any atom is 0.410 e. The Morgan fingerprint density at radius 3 is 1.24 bits per heavy atom. The highest BCUT2D eigenvalue weighted by molar-refractivity contribution is 5.86. The number of nitriles is 2. The van der Waals surface area contributed by atoms with Crippen molar-refractivity contribution in [1.29, 1.82) is 10.5 Å². The maximum absolute atomic E-state index is 12.1. The average Bonchev–Trinajstić information content (AvgIpc) is 1.69. The third-order valence-electron chi connectivity index (χ3n) is 18.7. The molecule has 7 aliphatic rings. The molecule has 0 saturated heterocycles. The van der Waals surface area contributed by atoms with Crippen molar-refractivity contribution < 1.29 is 77.1 Å². The van der Waals surface area contributed by atoms with Crippen LogP contribution in [0.25, 0.3) is 0 Å². The zero-order chi connectivity index (χ0) is 83.4. The van der Waals surface area contributed by atoms with Gasteiger partial charge in [0.2, 0.25) is 0 Å². The minimum Gasteiger partial charge on any atom is -0.497 e. The Morgan fingerprint density at radius 1 is 0.412 bits per heavy atom. The van der Waals surface area contributed by atoms with E-state index < -0.39 is 41.2 Å². The quantitative estimate of drug-likeness (QED) is 0.0528. The van der Waals surface area contributed by atoms with E-state index in [9.17, 15) is 29.7 Å². The fourth-order valence-corrected chi connectivity index (χ4v) is 13.2. The highest BCUT2D eigenvalue weighted by atomic mass is 35.5. The van der Waals surface area contributed by atoms with Crippen LogP contribution in [0.1, 0.15) is 186 Å². The van der Waals surface area contributed by atoms with E-state index in [4.69, 9.17) is 57.9 Å². The molecule has 0 radical (unpaired) electrons. The molecule has 0 aromatic heterocycles. The second-order valence-electron chi connectivity index (χ2n) is 31.9. The number of nitrogens with zero attached hydrogens (tertiary/aromatic N) is 5. The van der Waals surface area contributed by atoms with Crippen molar-refractivity contribution >= 4 is 67.9 Å². The number of aliphatic hydroxyl groups excluding tert-OH is 3. The van der Waals surface area contributed by atoms with Gasteiger partial charge in [-0.15, -0.1) is 49.6 Å². The van der Waals surface area contributed by atoms with Gasteiger partial charge in [0.1, 0.15) is 69.2 Å². The second-order valence-corrected chi connectivity index (χ2v) is 31.9. The van der Waals surface area contributed by atoms with Crippen molar-refractivity contribution in [3.63, 3.8) is 0 Å². The molecule has 3 amide bonds. The van der Waals surface area contributed by atoms with Gasteiger partial charge in [-0.3, -0.25) is 4.90 Å². The van der Waals surface area contributed by atoms with Crippen molar-refractivity contribution in [3.05, 3.63) is 205 Å². The summed E-state index contributed by atoms with van der Waals surface area (Å²) in [5.41, 5.74) is 14.5. The molecule has 29 heteroatoms. The minimum absolute atomic E-state index is 0. The van der Waals surface area contributed by atoms with Crippen molar-refractivity contribution in [2.45, 2.75) is 197 Å². The molecule has 3 unspecified atom stereocenters. The third-order valence-corrected chi connectivity index (χ3v) is 18.7. The lowest BCUT2D eigenvalue weighted by molar-refractivity contribution is 0.00817. The van der Waals surface area contributed by atoms with Gasteiger partial charge in [0.05, 0.1) is 58.9 Å².